The number of aliphatic hydroxyl groups is 1. The summed E-state index contributed by atoms with van der Waals surface area (Å²) in [6, 6.07) is 3.87. The van der Waals surface area contributed by atoms with E-state index in [1.54, 1.807) is 13.2 Å². The van der Waals surface area contributed by atoms with Crippen LogP contribution in [0, 0.1) is 11.6 Å². The molecule has 1 saturated carbocycles. The predicted molar refractivity (Wildman–Crippen MR) is 59.5 cm³/mol. The van der Waals surface area contributed by atoms with Gasteiger partial charge in [-0.2, -0.15) is 0 Å². The number of hydrogen-bond donors (Lipinski definition) is 1. The van der Waals surface area contributed by atoms with Crippen molar-refractivity contribution in [2.24, 2.45) is 0 Å². The van der Waals surface area contributed by atoms with Crippen molar-refractivity contribution in [1.29, 1.82) is 0 Å². The lowest BCUT2D eigenvalue weighted by molar-refractivity contribution is -0.0691. The van der Waals surface area contributed by atoms with Gasteiger partial charge in [-0.3, -0.25) is 0 Å². The molecular weight excluding hydrogens is 226 g/mol. The molecule has 1 aromatic rings. The number of rotatable bonds is 2. The Morgan fingerprint density at radius 1 is 1.24 bits per heavy atom. The Morgan fingerprint density at radius 3 is 2.41 bits per heavy atom. The summed E-state index contributed by atoms with van der Waals surface area (Å²) in [5.41, 5.74) is 0.0547. The highest BCUT2D eigenvalue weighted by Gasteiger charge is 2.36. The SMILES string of the molecule is CO[C@]1(c2ccc(F)c(F)c2)CC[C@@H](O)CC1. The number of benzene rings is 1. The first-order valence-electron chi connectivity index (χ1n) is 5.76. The second kappa shape index (κ2) is 4.70. The Kier molecular flexibility index (Phi) is 3.45. The highest BCUT2D eigenvalue weighted by Crippen LogP contribution is 2.40. The minimum atomic E-state index is -0.856. The maximum absolute atomic E-state index is 13.2. The zero-order chi connectivity index (χ0) is 12.5. The summed E-state index contributed by atoms with van der Waals surface area (Å²) in [6.07, 6.45) is 2.16. The molecule has 0 radical (unpaired) electrons. The van der Waals surface area contributed by atoms with Crippen molar-refractivity contribution >= 4 is 0 Å². The summed E-state index contributed by atoms with van der Waals surface area (Å²) in [5, 5.41) is 9.49. The summed E-state index contributed by atoms with van der Waals surface area (Å²) in [6.45, 7) is 0. The fourth-order valence-corrected chi connectivity index (χ4v) is 2.46. The molecule has 17 heavy (non-hydrogen) atoms. The van der Waals surface area contributed by atoms with Crippen molar-refractivity contribution in [3.05, 3.63) is 35.4 Å². The predicted octanol–water partition coefficient (Wildman–Crippen LogP) is 2.74. The number of hydrogen-bond acceptors (Lipinski definition) is 2. The van der Waals surface area contributed by atoms with E-state index in [9.17, 15) is 13.9 Å². The molecule has 94 valence electrons. The van der Waals surface area contributed by atoms with Crippen molar-refractivity contribution < 1.29 is 18.6 Å². The van der Waals surface area contributed by atoms with Gasteiger partial charge in [0.15, 0.2) is 11.6 Å². The van der Waals surface area contributed by atoms with Gasteiger partial charge in [-0.05, 0) is 43.4 Å². The van der Waals surface area contributed by atoms with Gasteiger partial charge in [0.2, 0.25) is 0 Å². The number of methoxy groups -OCH3 is 1. The smallest absolute Gasteiger partial charge is 0.159 e. The first kappa shape index (κ1) is 12.5. The van der Waals surface area contributed by atoms with Crippen LogP contribution >= 0.6 is 0 Å². The molecular formula is C13H16F2O2. The molecule has 2 nitrogen and oxygen atoms in total. The first-order valence-corrected chi connectivity index (χ1v) is 5.76. The van der Waals surface area contributed by atoms with E-state index in [0.29, 0.717) is 31.2 Å². The van der Waals surface area contributed by atoms with Gasteiger partial charge in [-0.15, -0.1) is 0 Å². The van der Waals surface area contributed by atoms with Crippen LogP contribution in [0.25, 0.3) is 0 Å². The van der Waals surface area contributed by atoms with E-state index in [1.807, 2.05) is 0 Å². The molecule has 0 saturated heterocycles. The molecule has 0 bridgehead atoms. The standard InChI is InChI=1S/C13H16F2O2/c1-17-13(6-4-10(16)5-7-13)9-2-3-11(14)12(15)8-9/h2-3,8,10,16H,4-7H2,1H3/t10-,13-. The van der Waals surface area contributed by atoms with Crippen LogP contribution in [0.4, 0.5) is 8.78 Å². The maximum atomic E-state index is 13.2. The van der Waals surface area contributed by atoms with Crippen molar-refractivity contribution in [2.75, 3.05) is 7.11 Å². The van der Waals surface area contributed by atoms with Gasteiger partial charge in [-0.1, -0.05) is 6.07 Å². The average molecular weight is 242 g/mol. The Labute approximate surface area is 99.2 Å². The molecule has 2 rings (SSSR count). The Bertz CT molecular complexity index is 398. The van der Waals surface area contributed by atoms with E-state index in [-0.39, 0.29) is 6.10 Å². The number of halogens is 2. The minimum absolute atomic E-state index is 0.316. The van der Waals surface area contributed by atoms with Crippen LogP contribution in [0.2, 0.25) is 0 Å². The molecule has 0 atom stereocenters. The van der Waals surface area contributed by atoms with Crippen molar-refractivity contribution in [2.45, 2.75) is 37.4 Å². The third-order valence-electron chi connectivity index (χ3n) is 3.60. The van der Waals surface area contributed by atoms with E-state index < -0.39 is 17.2 Å². The molecule has 0 aromatic heterocycles. The van der Waals surface area contributed by atoms with E-state index in [0.717, 1.165) is 6.07 Å². The van der Waals surface area contributed by atoms with Crippen LogP contribution in [0.15, 0.2) is 18.2 Å². The second-order valence-electron chi connectivity index (χ2n) is 4.56. The quantitative estimate of drug-likeness (QED) is 0.864. The molecule has 1 aliphatic carbocycles. The van der Waals surface area contributed by atoms with Crippen LogP contribution in [0.1, 0.15) is 31.2 Å². The highest BCUT2D eigenvalue weighted by molar-refractivity contribution is 5.25. The fraction of sp³-hybridized carbons (Fsp3) is 0.538. The normalized spacial score (nSPS) is 29.3. The molecule has 1 N–H and O–H groups in total. The lowest BCUT2D eigenvalue weighted by Gasteiger charge is -2.38. The van der Waals surface area contributed by atoms with Gasteiger partial charge in [-0.25, -0.2) is 8.78 Å². The van der Waals surface area contributed by atoms with E-state index in [4.69, 9.17) is 4.74 Å². The van der Waals surface area contributed by atoms with Crippen LogP contribution in [-0.4, -0.2) is 18.3 Å². The summed E-state index contributed by atoms with van der Waals surface area (Å²) in [5.74, 6) is -1.71. The van der Waals surface area contributed by atoms with E-state index in [1.165, 1.54) is 6.07 Å². The molecule has 1 aromatic carbocycles. The van der Waals surface area contributed by atoms with Crippen molar-refractivity contribution in [3.63, 3.8) is 0 Å². The second-order valence-corrected chi connectivity index (χ2v) is 4.56. The topological polar surface area (TPSA) is 29.5 Å². The van der Waals surface area contributed by atoms with Gasteiger partial charge >= 0.3 is 0 Å². The van der Waals surface area contributed by atoms with Gasteiger partial charge in [0.1, 0.15) is 0 Å². The molecule has 4 heteroatoms. The molecule has 0 heterocycles. The highest BCUT2D eigenvalue weighted by atomic mass is 19.2. The summed E-state index contributed by atoms with van der Waals surface area (Å²) >= 11 is 0. The van der Waals surface area contributed by atoms with Crippen LogP contribution < -0.4 is 0 Å². The molecule has 0 aliphatic heterocycles. The van der Waals surface area contributed by atoms with Crippen molar-refractivity contribution in [3.8, 4) is 0 Å². The third-order valence-corrected chi connectivity index (χ3v) is 3.60. The van der Waals surface area contributed by atoms with E-state index >= 15 is 0 Å². The molecule has 1 fully saturated rings. The molecule has 0 spiro atoms. The Balaban J connectivity index is 2.31. The largest absolute Gasteiger partial charge is 0.393 e. The lowest BCUT2D eigenvalue weighted by atomic mass is 9.78. The van der Waals surface area contributed by atoms with Gasteiger partial charge in [0.25, 0.3) is 0 Å². The summed E-state index contributed by atoms with van der Waals surface area (Å²) in [7, 11) is 1.57. The number of ether oxygens (including phenoxy) is 1. The summed E-state index contributed by atoms with van der Waals surface area (Å²) < 4.78 is 31.6. The Hall–Kier alpha value is -1.00. The summed E-state index contributed by atoms with van der Waals surface area (Å²) in [4.78, 5) is 0. The molecule has 0 amide bonds. The third kappa shape index (κ3) is 2.33. The monoisotopic (exact) mass is 242 g/mol. The zero-order valence-corrected chi connectivity index (χ0v) is 9.75. The average Bonchev–Trinajstić information content (AvgIpc) is 2.34. The van der Waals surface area contributed by atoms with Gasteiger partial charge in [0, 0.05) is 7.11 Å². The fourth-order valence-electron chi connectivity index (χ4n) is 2.46. The molecule has 1 aliphatic rings. The van der Waals surface area contributed by atoms with Crippen LogP contribution in [0.3, 0.4) is 0 Å². The van der Waals surface area contributed by atoms with E-state index in [2.05, 4.69) is 0 Å². The zero-order valence-electron chi connectivity index (χ0n) is 9.75. The minimum Gasteiger partial charge on any atom is -0.393 e. The lowest BCUT2D eigenvalue weighted by Crippen LogP contribution is -2.35. The van der Waals surface area contributed by atoms with Gasteiger partial charge in [0.05, 0.1) is 11.7 Å². The Morgan fingerprint density at radius 2 is 1.88 bits per heavy atom. The van der Waals surface area contributed by atoms with Crippen LogP contribution in [0.5, 0.6) is 0 Å². The van der Waals surface area contributed by atoms with Crippen LogP contribution in [-0.2, 0) is 10.3 Å². The molecule has 0 unspecified atom stereocenters. The van der Waals surface area contributed by atoms with Gasteiger partial charge < -0.3 is 9.84 Å². The number of aliphatic hydroxyl groups excluding tert-OH is 1. The van der Waals surface area contributed by atoms with Crippen molar-refractivity contribution in [1.82, 2.24) is 0 Å². The first-order chi connectivity index (χ1) is 8.07. The maximum Gasteiger partial charge on any atom is 0.159 e.